The van der Waals surface area contributed by atoms with E-state index in [1.54, 1.807) is 6.92 Å². The Hall–Kier alpha value is -3.49. The van der Waals surface area contributed by atoms with Crippen LogP contribution in [0.25, 0.3) is 6.08 Å². The summed E-state index contributed by atoms with van der Waals surface area (Å²) in [6.07, 6.45) is 5.43. The van der Waals surface area contributed by atoms with Crippen molar-refractivity contribution in [1.29, 1.82) is 0 Å². The van der Waals surface area contributed by atoms with Crippen molar-refractivity contribution in [3.8, 4) is 0 Å². The Morgan fingerprint density at radius 2 is 2.08 bits per heavy atom. The largest absolute Gasteiger partial charge is 0.368 e. The third-order valence-electron chi connectivity index (χ3n) is 4.02. The highest BCUT2D eigenvalue weighted by molar-refractivity contribution is 5.96. The number of aromatic nitrogens is 3. The van der Waals surface area contributed by atoms with Crippen LogP contribution < -0.4 is 22.1 Å². The summed E-state index contributed by atoms with van der Waals surface area (Å²) in [4.78, 5) is 27.2. The second-order valence-corrected chi connectivity index (χ2v) is 5.85. The molecule has 2 aromatic rings. The molecule has 1 atom stereocenters. The number of hydrogen-bond acceptors (Lipinski definition) is 7. The van der Waals surface area contributed by atoms with E-state index in [2.05, 4.69) is 38.0 Å². The number of benzene rings is 1. The Bertz CT molecular complexity index is 895. The molecular formula is C17H19N7O2. The quantitative estimate of drug-likeness (QED) is 0.579. The van der Waals surface area contributed by atoms with Crippen LogP contribution in [0, 0.1) is 0 Å². The summed E-state index contributed by atoms with van der Waals surface area (Å²) < 4.78 is 0. The van der Waals surface area contributed by atoms with E-state index in [1.165, 1.54) is 0 Å². The summed E-state index contributed by atoms with van der Waals surface area (Å²) in [6, 6.07) is 5.16. The summed E-state index contributed by atoms with van der Waals surface area (Å²) in [5.41, 5.74) is 13.6. The van der Waals surface area contributed by atoms with Crippen molar-refractivity contribution in [2.75, 3.05) is 10.6 Å². The van der Waals surface area contributed by atoms with Crippen molar-refractivity contribution in [3.05, 3.63) is 41.1 Å². The van der Waals surface area contributed by atoms with Gasteiger partial charge in [-0.1, -0.05) is 25.1 Å². The Balaban J connectivity index is 1.89. The van der Waals surface area contributed by atoms with Crippen molar-refractivity contribution in [1.82, 2.24) is 15.2 Å². The van der Waals surface area contributed by atoms with E-state index in [-0.39, 0.29) is 17.5 Å². The fraction of sp³-hybridized carbons (Fsp3) is 0.235. The highest BCUT2D eigenvalue weighted by atomic mass is 16.1. The van der Waals surface area contributed by atoms with Gasteiger partial charge in [-0.3, -0.25) is 9.59 Å². The summed E-state index contributed by atoms with van der Waals surface area (Å²) in [6.45, 7) is 1.80. The number of amides is 2. The zero-order valence-electron chi connectivity index (χ0n) is 14.2. The number of primary amides is 2. The molecule has 3 rings (SSSR count). The molecule has 1 aromatic carbocycles. The molecule has 0 radical (unpaired) electrons. The van der Waals surface area contributed by atoms with Gasteiger partial charge in [0.25, 0.3) is 5.91 Å². The smallest absolute Gasteiger partial charge is 0.273 e. The summed E-state index contributed by atoms with van der Waals surface area (Å²) in [5.74, 6) is -1.06. The second-order valence-electron chi connectivity index (χ2n) is 5.85. The van der Waals surface area contributed by atoms with Gasteiger partial charge in [0.05, 0.1) is 0 Å². The van der Waals surface area contributed by atoms with Gasteiger partial charge in [-0.15, -0.1) is 10.2 Å². The predicted octanol–water partition coefficient (Wildman–Crippen LogP) is 0.959. The van der Waals surface area contributed by atoms with Crippen molar-refractivity contribution >= 4 is 35.3 Å². The molecule has 1 aromatic heterocycles. The fourth-order valence-electron chi connectivity index (χ4n) is 2.64. The maximum Gasteiger partial charge on any atom is 0.273 e. The van der Waals surface area contributed by atoms with E-state index in [4.69, 9.17) is 11.5 Å². The van der Waals surface area contributed by atoms with Gasteiger partial charge in [-0.05, 0) is 36.1 Å². The van der Waals surface area contributed by atoms with Gasteiger partial charge in [0.1, 0.15) is 6.04 Å². The van der Waals surface area contributed by atoms with E-state index < -0.39 is 17.9 Å². The predicted molar refractivity (Wildman–Crippen MR) is 97.7 cm³/mol. The first kappa shape index (κ1) is 17.3. The van der Waals surface area contributed by atoms with Crippen LogP contribution in [0.5, 0.6) is 0 Å². The van der Waals surface area contributed by atoms with Gasteiger partial charge in [0.15, 0.2) is 11.5 Å². The minimum atomic E-state index is -0.760. The SMILES string of the molecule is CC[C@@H](Nc1nnc(C(N)=O)c(Nc2ccc3c(c2)CC=C3)n1)C(N)=O. The highest BCUT2D eigenvalue weighted by Gasteiger charge is 2.18. The Morgan fingerprint density at radius 1 is 1.27 bits per heavy atom. The molecule has 0 saturated carbocycles. The monoisotopic (exact) mass is 353 g/mol. The highest BCUT2D eigenvalue weighted by Crippen LogP contribution is 2.25. The van der Waals surface area contributed by atoms with Crippen LogP contribution in [0.15, 0.2) is 24.3 Å². The average Bonchev–Trinajstić information content (AvgIpc) is 3.07. The molecule has 134 valence electrons. The van der Waals surface area contributed by atoms with E-state index >= 15 is 0 Å². The van der Waals surface area contributed by atoms with Crippen LogP contribution in [0.4, 0.5) is 17.5 Å². The lowest BCUT2D eigenvalue weighted by Crippen LogP contribution is -2.35. The number of nitrogens with two attached hydrogens (primary N) is 2. The van der Waals surface area contributed by atoms with Gasteiger partial charge < -0.3 is 22.1 Å². The van der Waals surface area contributed by atoms with Crippen molar-refractivity contribution in [2.45, 2.75) is 25.8 Å². The van der Waals surface area contributed by atoms with Crippen LogP contribution in [0.3, 0.4) is 0 Å². The first-order chi connectivity index (χ1) is 12.5. The molecule has 0 aliphatic heterocycles. The molecule has 1 aliphatic rings. The minimum Gasteiger partial charge on any atom is -0.368 e. The van der Waals surface area contributed by atoms with Gasteiger partial charge in [-0.2, -0.15) is 4.98 Å². The van der Waals surface area contributed by atoms with E-state index in [0.717, 1.165) is 23.2 Å². The number of rotatable bonds is 7. The first-order valence-corrected chi connectivity index (χ1v) is 8.14. The first-order valence-electron chi connectivity index (χ1n) is 8.14. The molecule has 9 heteroatoms. The fourth-order valence-corrected chi connectivity index (χ4v) is 2.64. The van der Waals surface area contributed by atoms with Crippen molar-refractivity contribution < 1.29 is 9.59 Å². The number of nitrogens with zero attached hydrogens (tertiary/aromatic N) is 3. The van der Waals surface area contributed by atoms with Gasteiger partial charge in [0.2, 0.25) is 11.9 Å². The molecular weight excluding hydrogens is 334 g/mol. The van der Waals surface area contributed by atoms with E-state index in [0.29, 0.717) is 6.42 Å². The molecule has 26 heavy (non-hydrogen) atoms. The molecule has 0 unspecified atom stereocenters. The minimum absolute atomic E-state index is 0.0750. The van der Waals surface area contributed by atoms with Gasteiger partial charge in [-0.25, -0.2) is 0 Å². The lowest BCUT2D eigenvalue weighted by Gasteiger charge is -2.14. The molecule has 0 saturated heterocycles. The molecule has 0 fully saturated rings. The average molecular weight is 353 g/mol. The van der Waals surface area contributed by atoms with E-state index in [1.807, 2.05) is 18.2 Å². The zero-order valence-corrected chi connectivity index (χ0v) is 14.2. The van der Waals surface area contributed by atoms with Crippen LogP contribution >= 0.6 is 0 Å². The number of allylic oxidation sites excluding steroid dienone is 1. The standard InChI is InChI=1S/C17H19N7O2/c1-2-12(14(18)25)21-17-22-16(13(15(19)26)23-24-17)20-11-7-6-9-4-3-5-10(9)8-11/h3-4,6-8,12H,2,5H2,1H3,(H2,18,25)(H2,19,26)(H2,20,21,22,24)/t12-/m1/s1. The van der Waals surface area contributed by atoms with Crippen LogP contribution in [0.1, 0.15) is 35.0 Å². The summed E-state index contributed by atoms with van der Waals surface area (Å²) in [7, 11) is 0. The van der Waals surface area contributed by atoms with Crippen LogP contribution in [-0.4, -0.2) is 33.0 Å². The lowest BCUT2D eigenvalue weighted by atomic mass is 10.1. The number of carbonyl (C=O) groups is 2. The number of nitrogens with one attached hydrogen (secondary N) is 2. The van der Waals surface area contributed by atoms with E-state index in [9.17, 15) is 9.59 Å². The maximum atomic E-state index is 11.6. The number of fused-ring (bicyclic) bond motifs is 1. The summed E-state index contributed by atoms with van der Waals surface area (Å²) >= 11 is 0. The normalized spacial score (nSPS) is 13.1. The topological polar surface area (TPSA) is 149 Å². The third-order valence-corrected chi connectivity index (χ3v) is 4.02. The Morgan fingerprint density at radius 3 is 2.77 bits per heavy atom. The molecule has 0 bridgehead atoms. The molecule has 2 amide bonds. The third kappa shape index (κ3) is 3.61. The van der Waals surface area contributed by atoms with Crippen molar-refractivity contribution in [2.24, 2.45) is 11.5 Å². The summed E-state index contributed by atoms with van der Waals surface area (Å²) in [5, 5.41) is 13.5. The molecule has 1 aliphatic carbocycles. The van der Waals surface area contributed by atoms with Gasteiger partial charge >= 0.3 is 0 Å². The molecule has 1 heterocycles. The maximum absolute atomic E-state index is 11.6. The molecule has 6 N–H and O–H groups in total. The van der Waals surface area contributed by atoms with Gasteiger partial charge in [0, 0.05) is 5.69 Å². The van der Waals surface area contributed by atoms with Crippen molar-refractivity contribution in [3.63, 3.8) is 0 Å². The Labute approximate surface area is 149 Å². The number of carbonyl (C=O) groups excluding carboxylic acids is 2. The Kier molecular flexibility index (Phi) is 4.78. The van der Waals surface area contributed by atoms with Crippen LogP contribution in [-0.2, 0) is 11.2 Å². The second kappa shape index (κ2) is 7.18. The molecule has 9 nitrogen and oxygen atoms in total. The lowest BCUT2D eigenvalue weighted by molar-refractivity contribution is -0.118. The number of anilines is 3. The molecule has 0 spiro atoms. The van der Waals surface area contributed by atoms with Crippen LogP contribution in [0.2, 0.25) is 0 Å². The zero-order chi connectivity index (χ0) is 18.7. The number of hydrogen-bond donors (Lipinski definition) is 4.